The summed E-state index contributed by atoms with van der Waals surface area (Å²) in [4.78, 5) is 226. The van der Waals surface area contributed by atoms with Crippen LogP contribution in [0.4, 0.5) is 0 Å². The predicted octanol–water partition coefficient (Wildman–Crippen LogP) is -5.29. The van der Waals surface area contributed by atoms with Crippen LogP contribution in [0.5, 0.6) is 5.75 Å². The van der Waals surface area contributed by atoms with E-state index in [-0.39, 0.29) is 115 Å². The minimum atomic E-state index is -1.96. The molecule has 1 saturated heterocycles. The van der Waals surface area contributed by atoms with Gasteiger partial charge in [0.1, 0.15) is 78.3 Å². The van der Waals surface area contributed by atoms with E-state index < -0.39 is 192 Å². The number of aryl methyl sites for hydroxylation is 1. The molecule has 1 aliphatic rings. The molecule has 1 fully saturated rings. The molecule has 2 heterocycles. The number of aliphatic hydroxyl groups excluding tert-OH is 1. The van der Waals surface area contributed by atoms with E-state index >= 15 is 24.0 Å². The topological polar surface area (TPSA) is 631 Å². The Morgan fingerprint density at radius 2 is 1.25 bits per heavy atom. The number of aromatic nitrogens is 1. The zero-order chi connectivity index (χ0) is 84.0. The molecule has 0 aliphatic carbocycles. The van der Waals surface area contributed by atoms with Crippen molar-refractivity contribution in [3.63, 3.8) is 0 Å². The summed E-state index contributed by atoms with van der Waals surface area (Å²) in [5.41, 5.74) is 34.1. The monoisotopic (exact) mass is 1610 g/mol. The number of para-hydroxylation sites is 1. The van der Waals surface area contributed by atoms with Gasteiger partial charge in [-0.2, -0.15) is 11.8 Å². The van der Waals surface area contributed by atoms with Crippen molar-refractivity contribution in [2.75, 3.05) is 50.8 Å². The summed E-state index contributed by atoms with van der Waals surface area (Å²) in [6.45, 7) is 4.75. The summed E-state index contributed by atoms with van der Waals surface area (Å²) < 4.78 is 5.71. The maximum atomic E-state index is 15.5. The lowest BCUT2D eigenvalue weighted by molar-refractivity contribution is -0.138. The number of ether oxygens (including phenoxy) is 1. The Kier molecular flexibility index (Phi) is 39.2. The zero-order valence-electron chi connectivity index (χ0n) is 64.5. The Labute approximate surface area is 663 Å². The lowest BCUT2D eigenvalue weighted by atomic mass is 9.91. The van der Waals surface area contributed by atoms with Gasteiger partial charge in [0.25, 0.3) is 0 Å². The molecule has 1 aliphatic heterocycles. The number of carbonyl (C=O) groups excluding carboxylic acids is 16. The van der Waals surface area contributed by atoms with Crippen molar-refractivity contribution in [2.24, 2.45) is 34.4 Å². The highest BCUT2D eigenvalue weighted by molar-refractivity contribution is 7.99. The lowest BCUT2D eigenvalue weighted by Gasteiger charge is -2.34. The van der Waals surface area contributed by atoms with E-state index in [0.29, 0.717) is 39.8 Å². The number of carbonyl (C=O) groups is 16. The first kappa shape index (κ1) is 93.3. The fraction of sp³-hybridized carbons (Fsp3) is 0.520. The number of unbranched alkanes of at least 4 members (excludes halogenated alkanes) is 2. The molecule has 38 nitrogen and oxygen atoms in total. The number of aliphatic hydroxyl groups is 1. The van der Waals surface area contributed by atoms with Crippen LogP contribution in [0.3, 0.4) is 0 Å². The number of benzene rings is 3. The minimum Gasteiger partial charge on any atom is -0.492 e. The van der Waals surface area contributed by atoms with Gasteiger partial charge in [-0.3, -0.25) is 76.7 Å². The van der Waals surface area contributed by atoms with Crippen LogP contribution < -0.4 is 108 Å². The van der Waals surface area contributed by atoms with Gasteiger partial charge in [0.05, 0.1) is 19.1 Å². The number of fused-ring (bicyclic) bond motifs is 1. The number of H-pyrrole nitrogens is 1. The molecule has 5 rings (SSSR count). The van der Waals surface area contributed by atoms with Gasteiger partial charge in [0.15, 0.2) is 0 Å². The molecule has 0 unspecified atom stereocenters. The number of nitrogens with one attached hydrogen (secondary N) is 14. The van der Waals surface area contributed by atoms with Gasteiger partial charge < -0.3 is 118 Å². The molecule has 624 valence electrons. The molecule has 16 amide bonds. The highest BCUT2D eigenvalue weighted by atomic mass is 32.2. The molecule has 0 radical (unpaired) electrons. The molecule has 3 aromatic carbocycles. The summed E-state index contributed by atoms with van der Waals surface area (Å²) >= 11 is 0.969. The first-order valence-electron chi connectivity index (χ1n) is 37.6. The van der Waals surface area contributed by atoms with Crippen molar-refractivity contribution >= 4 is 117 Å². The average Bonchev–Trinajstić information content (AvgIpc) is 1.00. The Hall–Kier alpha value is -11.3. The summed E-state index contributed by atoms with van der Waals surface area (Å²) in [6, 6.07) is 5.92. The van der Waals surface area contributed by atoms with Crippen molar-refractivity contribution in [2.45, 2.75) is 196 Å². The van der Waals surface area contributed by atoms with E-state index in [9.17, 15) is 57.8 Å². The van der Waals surface area contributed by atoms with Gasteiger partial charge >= 0.3 is 0 Å². The fourth-order valence-corrected chi connectivity index (χ4v) is 13.2. The van der Waals surface area contributed by atoms with E-state index in [1.54, 1.807) is 85.1 Å². The highest BCUT2D eigenvalue weighted by Crippen LogP contribution is 2.23. The Morgan fingerprint density at radius 1 is 0.605 bits per heavy atom. The Balaban J connectivity index is 1.63. The highest BCUT2D eigenvalue weighted by Gasteiger charge is 2.42. The van der Waals surface area contributed by atoms with Crippen LogP contribution in [-0.2, 0) is 96.0 Å². The van der Waals surface area contributed by atoms with Crippen molar-refractivity contribution in [1.82, 2.24) is 74.1 Å². The van der Waals surface area contributed by atoms with Gasteiger partial charge in [0, 0.05) is 69.1 Å². The largest absolute Gasteiger partial charge is 0.492 e. The van der Waals surface area contributed by atoms with Crippen LogP contribution in [0.25, 0.3) is 10.9 Å². The SMILES string of the molecule is CC(=O)NCCCC[C@H](NC(=O)[C@](C)(CCCCN)NC(=O)[C@H](CCc1ccccc1)NC(=O)[C@H](Cc1ccc(OCCN)cc1)NC(=O)[C@@H]1CSCC[C@H](NC(C)=O)C(=O)N[C@@H](CCN)C(=O)N[C@@H]([C@@H](C)O)C(=O)N[C@@H](Cc2c[nH]c3ccccc23)C(=O)N[C@@H](CCC(N)=O)C(=O)N1)C(=O)N[C@@H](CC(N)=O)C(=O)NCC(N)=O. The van der Waals surface area contributed by atoms with E-state index in [1.165, 1.54) is 20.8 Å². The standard InChI is InChI=1S/C75H110N20O18S/c1-42(96)63-73(111)91-57(37-47-39-83-50-17-9-8-16-49(47)50)70(108)86-52(25-26-60(79)99)66(104)92-59(41-114-35-28-55(85-44(3)98)67(105)88-54(27-31-77)68(106)94-63)71(109)89-56(36-46-19-22-48(23-20-46)113-34-32-78)69(107)87-53(24-21-45-14-6-5-7-15-45)72(110)95-75(4,29-11-12-30-76)74(112)93-51(18-10-13-33-82-43(2)97)65(103)90-58(38-61(80)100)64(102)84-40-62(81)101/h5-9,14-17,19-20,22-23,39,42,51-59,63,83,96H,10-13,18,21,24-38,40-41,76-78H2,1-4H3,(H2,79,99)(H2,80,100)(H2,81,101)(H,82,97)(H,84,102)(H,85,98)(H,86,108)(H,87,107)(H,88,105)(H,89,109)(H,90,103)(H,91,111)(H,92,104)(H,93,112)(H,94,106)(H,95,110)/t42-,51+,52+,53+,54+,55+,56+,57+,58+,59+,63+,75+/m1/s1. The third-order valence-corrected chi connectivity index (χ3v) is 19.5. The van der Waals surface area contributed by atoms with Crippen LogP contribution in [-0.4, -0.2) is 228 Å². The van der Waals surface area contributed by atoms with Crippen molar-refractivity contribution in [3.8, 4) is 5.75 Å². The van der Waals surface area contributed by atoms with Crippen LogP contribution in [0, 0.1) is 0 Å². The summed E-state index contributed by atoms with van der Waals surface area (Å²) in [5.74, 6) is -15.1. The second kappa shape index (κ2) is 47.9. The number of primary amides is 3. The van der Waals surface area contributed by atoms with Crippen molar-refractivity contribution < 1.29 is 86.6 Å². The first-order valence-corrected chi connectivity index (χ1v) is 38.8. The van der Waals surface area contributed by atoms with Gasteiger partial charge in [0.2, 0.25) is 94.5 Å². The van der Waals surface area contributed by atoms with Crippen LogP contribution >= 0.6 is 11.8 Å². The lowest BCUT2D eigenvalue weighted by Crippen LogP contribution is -2.64. The third-order valence-electron chi connectivity index (χ3n) is 18.4. The average molecular weight is 1610 g/mol. The van der Waals surface area contributed by atoms with Gasteiger partial charge in [-0.1, -0.05) is 60.7 Å². The Bertz CT molecular complexity index is 3970. The molecule has 12 atom stereocenters. The molecule has 0 spiro atoms. The maximum absolute atomic E-state index is 15.5. The summed E-state index contributed by atoms with van der Waals surface area (Å²) in [6.07, 6.45) is -2.27. The normalized spacial score (nSPS) is 19.0. The number of rotatable bonds is 41. The molecular weight excluding hydrogens is 1500 g/mol. The van der Waals surface area contributed by atoms with E-state index in [2.05, 4.69) is 74.1 Å². The smallest absolute Gasteiger partial charge is 0.246 e. The molecule has 1 aromatic heterocycles. The predicted molar refractivity (Wildman–Crippen MR) is 420 cm³/mol. The number of thioether (sulfide) groups is 1. The number of hydrogen-bond acceptors (Lipinski definition) is 22. The number of nitrogens with two attached hydrogens (primary N) is 6. The minimum absolute atomic E-state index is 0.0825. The van der Waals surface area contributed by atoms with Crippen molar-refractivity contribution in [1.29, 1.82) is 0 Å². The molecule has 0 saturated carbocycles. The second-order valence-corrected chi connectivity index (χ2v) is 29.0. The summed E-state index contributed by atoms with van der Waals surface area (Å²) in [7, 11) is 0. The van der Waals surface area contributed by atoms with E-state index in [0.717, 1.165) is 18.7 Å². The number of hydrogen-bond donors (Lipinski definition) is 21. The second-order valence-electron chi connectivity index (χ2n) is 27.9. The molecule has 114 heavy (non-hydrogen) atoms. The van der Waals surface area contributed by atoms with Gasteiger partial charge in [-0.05, 0) is 138 Å². The first-order chi connectivity index (χ1) is 54.2. The molecule has 39 heteroatoms. The maximum Gasteiger partial charge on any atom is 0.246 e. The van der Waals surface area contributed by atoms with Gasteiger partial charge in [-0.25, -0.2) is 0 Å². The van der Waals surface area contributed by atoms with Crippen LogP contribution in [0.1, 0.15) is 121 Å². The number of amides is 16. The summed E-state index contributed by atoms with van der Waals surface area (Å²) in [5, 5.41) is 45.4. The van der Waals surface area contributed by atoms with Crippen molar-refractivity contribution in [3.05, 3.63) is 102 Å². The van der Waals surface area contributed by atoms with Gasteiger partial charge in [-0.15, -0.1) is 0 Å². The molecular formula is C75H110N20O18S. The molecule has 0 bridgehead atoms. The van der Waals surface area contributed by atoms with Crippen LogP contribution in [0.15, 0.2) is 85.1 Å². The third kappa shape index (κ3) is 32.1. The number of aromatic amines is 1. The zero-order valence-corrected chi connectivity index (χ0v) is 65.3. The Morgan fingerprint density at radius 3 is 1.89 bits per heavy atom. The molecule has 4 aromatic rings. The van der Waals surface area contributed by atoms with E-state index in [4.69, 9.17) is 39.1 Å². The van der Waals surface area contributed by atoms with Crippen LogP contribution in [0.2, 0.25) is 0 Å². The quantitative estimate of drug-likeness (QED) is 0.0185. The fourth-order valence-electron chi connectivity index (χ4n) is 12.2. The van der Waals surface area contributed by atoms with E-state index in [1.807, 2.05) is 0 Å². The molecule has 27 N–H and O–H groups in total.